The SMILES string of the molecule is C[C@@H](CCC(=O)NCC1(c2ccc(Cl)cc2)CC1)N1CCN(C)CC1. The molecule has 0 radical (unpaired) electrons. The fourth-order valence-electron chi connectivity index (χ4n) is 3.66. The van der Waals surface area contributed by atoms with Crippen LogP contribution >= 0.6 is 11.6 Å². The second-order valence-corrected chi connectivity index (χ2v) is 8.23. The number of carbonyl (C=O) groups excluding carboxylic acids is 1. The van der Waals surface area contributed by atoms with E-state index in [2.05, 4.69) is 41.2 Å². The zero-order chi connectivity index (χ0) is 17.9. The number of nitrogens with zero attached hydrogens (tertiary/aromatic N) is 2. The van der Waals surface area contributed by atoms with Crippen LogP contribution in [0.5, 0.6) is 0 Å². The van der Waals surface area contributed by atoms with Crippen molar-refractivity contribution in [3.8, 4) is 0 Å². The van der Waals surface area contributed by atoms with Gasteiger partial charge in [-0.15, -0.1) is 0 Å². The van der Waals surface area contributed by atoms with Gasteiger partial charge in [-0.2, -0.15) is 0 Å². The monoisotopic (exact) mass is 363 g/mol. The summed E-state index contributed by atoms with van der Waals surface area (Å²) < 4.78 is 0. The predicted octanol–water partition coefficient (Wildman–Crippen LogP) is 2.90. The van der Waals surface area contributed by atoms with Gasteiger partial charge in [-0.3, -0.25) is 9.69 Å². The number of carbonyl (C=O) groups is 1. The van der Waals surface area contributed by atoms with E-state index in [0.717, 1.165) is 57.0 Å². The lowest BCUT2D eigenvalue weighted by atomic mass is 9.96. The highest BCUT2D eigenvalue weighted by Crippen LogP contribution is 2.47. The summed E-state index contributed by atoms with van der Waals surface area (Å²) in [6.07, 6.45) is 3.84. The molecule has 1 aliphatic heterocycles. The quantitative estimate of drug-likeness (QED) is 0.809. The van der Waals surface area contributed by atoms with E-state index in [1.54, 1.807) is 0 Å². The Labute approximate surface area is 156 Å². The number of piperazine rings is 1. The molecule has 1 saturated heterocycles. The first-order chi connectivity index (χ1) is 12.0. The van der Waals surface area contributed by atoms with Crippen molar-refractivity contribution >= 4 is 17.5 Å². The smallest absolute Gasteiger partial charge is 0.220 e. The molecule has 138 valence electrons. The molecule has 2 aliphatic rings. The summed E-state index contributed by atoms with van der Waals surface area (Å²) in [7, 11) is 2.17. The fourth-order valence-corrected chi connectivity index (χ4v) is 3.79. The molecule has 1 heterocycles. The lowest BCUT2D eigenvalue weighted by molar-refractivity contribution is -0.121. The van der Waals surface area contributed by atoms with Gasteiger partial charge in [0.2, 0.25) is 5.91 Å². The summed E-state index contributed by atoms with van der Waals surface area (Å²) in [6.45, 7) is 7.46. The minimum absolute atomic E-state index is 0.142. The van der Waals surface area contributed by atoms with Crippen molar-refractivity contribution in [2.45, 2.75) is 44.1 Å². The van der Waals surface area contributed by atoms with Gasteiger partial charge >= 0.3 is 0 Å². The number of amides is 1. The maximum absolute atomic E-state index is 12.3. The molecule has 0 unspecified atom stereocenters. The summed E-state index contributed by atoms with van der Waals surface area (Å²) in [6, 6.07) is 8.55. The van der Waals surface area contributed by atoms with Gasteiger partial charge in [0.25, 0.3) is 0 Å². The fraction of sp³-hybridized carbons (Fsp3) is 0.650. The first-order valence-electron chi connectivity index (χ1n) is 9.44. The van der Waals surface area contributed by atoms with Crippen LogP contribution in [0.25, 0.3) is 0 Å². The predicted molar refractivity (Wildman–Crippen MR) is 103 cm³/mol. The average Bonchev–Trinajstić information content (AvgIpc) is 3.40. The van der Waals surface area contributed by atoms with E-state index < -0.39 is 0 Å². The Balaban J connectivity index is 1.40. The van der Waals surface area contributed by atoms with Crippen LogP contribution in [0, 0.1) is 0 Å². The Morgan fingerprint density at radius 1 is 1.20 bits per heavy atom. The highest BCUT2D eigenvalue weighted by Gasteiger charge is 2.44. The maximum Gasteiger partial charge on any atom is 0.220 e. The molecule has 1 aromatic carbocycles. The van der Waals surface area contributed by atoms with E-state index in [9.17, 15) is 4.79 Å². The van der Waals surface area contributed by atoms with Gasteiger partial charge in [0.1, 0.15) is 0 Å². The number of nitrogens with one attached hydrogen (secondary N) is 1. The molecule has 1 aliphatic carbocycles. The summed E-state index contributed by atoms with van der Waals surface area (Å²) >= 11 is 5.98. The largest absolute Gasteiger partial charge is 0.355 e. The molecule has 0 spiro atoms. The van der Waals surface area contributed by atoms with Crippen molar-refractivity contribution in [3.05, 3.63) is 34.9 Å². The van der Waals surface area contributed by atoms with Crippen molar-refractivity contribution in [1.82, 2.24) is 15.1 Å². The third-order valence-electron chi connectivity index (χ3n) is 5.88. The van der Waals surface area contributed by atoms with Crippen molar-refractivity contribution in [2.75, 3.05) is 39.8 Å². The highest BCUT2D eigenvalue weighted by atomic mass is 35.5. The highest BCUT2D eigenvalue weighted by molar-refractivity contribution is 6.30. The minimum Gasteiger partial charge on any atom is -0.355 e. The van der Waals surface area contributed by atoms with Gasteiger partial charge < -0.3 is 10.2 Å². The summed E-state index contributed by atoms with van der Waals surface area (Å²) in [5.74, 6) is 0.182. The van der Waals surface area contributed by atoms with Gasteiger partial charge in [0.05, 0.1) is 0 Å². The van der Waals surface area contributed by atoms with E-state index in [-0.39, 0.29) is 11.3 Å². The second kappa shape index (κ2) is 8.07. The normalized spacial score (nSPS) is 21.7. The molecule has 2 fully saturated rings. The van der Waals surface area contributed by atoms with Crippen LogP contribution in [-0.4, -0.2) is 61.5 Å². The first kappa shape index (κ1) is 18.7. The molecule has 4 nitrogen and oxygen atoms in total. The zero-order valence-corrected chi connectivity index (χ0v) is 16.2. The van der Waals surface area contributed by atoms with Gasteiger partial charge in [-0.25, -0.2) is 0 Å². The Morgan fingerprint density at radius 3 is 2.44 bits per heavy atom. The summed E-state index contributed by atoms with van der Waals surface area (Å²) in [5.41, 5.74) is 1.44. The van der Waals surface area contributed by atoms with Gasteiger partial charge in [-0.05, 0) is 50.9 Å². The average molecular weight is 364 g/mol. The van der Waals surface area contributed by atoms with E-state index in [1.165, 1.54) is 5.56 Å². The number of rotatable bonds is 7. The molecule has 1 atom stereocenters. The van der Waals surface area contributed by atoms with E-state index >= 15 is 0 Å². The molecule has 1 N–H and O–H groups in total. The van der Waals surface area contributed by atoms with Crippen LogP contribution in [0.15, 0.2) is 24.3 Å². The molecule has 3 rings (SSSR count). The van der Waals surface area contributed by atoms with Crippen LogP contribution in [0.1, 0.15) is 38.2 Å². The third kappa shape index (κ3) is 4.96. The van der Waals surface area contributed by atoms with Crippen LogP contribution in [-0.2, 0) is 10.2 Å². The second-order valence-electron chi connectivity index (χ2n) is 7.79. The lowest BCUT2D eigenvalue weighted by Gasteiger charge is -2.36. The number of hydrogen-bond donors (Lipinski definition) is 1. The van der Waals surface area contributed by atoms with Gasteiger partial charge in [-0.1, -0.05) is 23.7 Å². The Bertz CT molecular complexity index is 577. The van der Waals surface area contributed by atoms with Crippen molar-refractivity contribution in [2.24, 2.45) is 0 Å². The molecule has 1 amide bonds. The maximum atomic E-state index is 12.3. The number of benzene rings is 1. The number of likely N-dealkylation sites (N-methyl/N-ethyl adjacent to an activating group) is 1. The molecule has 5 heteroatoms. The molecule has 0 aromatic heterocycles. The molecule has 1 aromatic rings. The topological polar surface area (TPSA) is 35.6 Å². The minimum atomic E-state index is 0.142. The van der Waals surface area contributed by atoms with Crippen LogP contribution in [0.2, 0.25) is 5.02 Å². The zero-order valence-electron chi connectivity index (χ0n) is 15.4. The van der Waals surface area contributed by atoms with Crippen LogP contribution < -0.4 is 5.32 Å². The Kier molecular flexibility index (Phi) is 6.03. The van der Waals surface area contributed by atoms with E-state index in [4.69, 9.17) is 11.6 Å². The first-order valence-corrected chi connectivity index (χ1v) is 9.82. The lowest BCUT2D eigenvalue weighted by Crippen LogP contribution is -2.48. The van der Waals surface area contributed by atoms with Crippen molar-refractivity contribution < 1.29 is 4.79 Å². The molecular weight excluding hydrogens is 334 g/mol. The Morgan fingerprint density at radius 2 is 1.84 bits per heavy atom. The van der Waals surface area contributed by atoms with Crippen molar-refractivity contribution in [1.29, 1.82) is 0 Å². The molecule has 0 bridgehead atoms. The molecular formula is C20H30ClN3O. The van der Waals surface area contributed by atoms with Gasteiger partial charge in [0, 0.05) is 55.6 Å². The van der Waals surface area contributed by atoms with Crippen LogP contribution in [0.3, 0.4) is 0 Å². The number of halogens is 1. The Hall–Kier alpha value is -1.10. The van der Waals surface area contributed by atoms with Gasteiger partial charge in [0.15, 0.2) is 0 Å². The molecule has 25 heavy (non-hydrogen) atoms. The van der Waals surface area contributed by atoms with Crippen molar-refractivity contribution in [3.63, 3.8) is 0 Å². The van der Waals surface area contributed by atoms with E-state index in [0.29, 0.717) is 12.5 Å². The summed E-state index contributed by atoms with van der Waals surface area (Å²) in [5, 5.41) is 3.93. The third-order valence-corrected chi connectivity index (χ3v) is 6.14. The standard InChI is InChI=1S/C20H30ClN3O/c1-16(24-13-11-23(2)12-14-24)3-8-19(25)22-15-20(9-10-20)17-4-6-18(21)7-5-17/h4-7,16H,3,8-15H2,1-2H3,(H,22,25)/t16-/m0/s1. The molecule has 1 saturated carbocycles. The summed E-state index contributed by atoms with van der Waals surface area (Å²) in [4.78, 5) is 17.1. The van der Waals surface area contributed by atoms with Crippen LogP contribution in [0.4, 0.5) is 0 Å². The number of hydrogen-bond acceptors (Lipinski definition) is 3. The van der Waals surface area contributed by atoms with E-state index in [1.807, 2.05) is 12.1 Å².